The van der Waals surface area contributed by atoms with Gasteiger partial charge in [-0.25, -0.2) is 0 Å². The van der Waals surface area contributed by atoms with Gasteiger partial charge in [0.05, 0.1) is 12.2 Å². The molecule has 0 saturated heterocycles. The van der Waals surface area contributed by atoms with E-state index in [0.29, 0.717) is 6.42 Å². The van der Waals surface area contributed by atoms with Gasteiger partial charge in [0.15, 0.2) is 0 Å². The summed E-state index contributed by atoms with van der Waals surface area (Å²) in [5.74, 6) is 0.763. The monoisotopic (exact) mass is 215 g/mol. The van der Waals surface area contributed by atoms with Crippen LogP contribution in [0.2, 0.25) is 0 Å². The van der Waals surface area contributed by atoms with Crippen LogP contribution < -0.4 is 0 Å². The highest BCUT2D eigenvalue weighted by Gasteiger charge is 2.38. The summed E-state index contributed by atoms with van der Waals surface area (Å²) in [5, 5.41) is 19.8. The maximum Gasteiger partial charge on any atom is 0.0985 e. The van der Waals surface area contributed by atoms with Crippen molar-refractivity contribution in [3.63, 3.8) is 0 Å². The molecular weight excluding hydrogens is 200 g/mol. The first kappa shape index (κ1) is 11.6. The zero-order valence-electron chi connectivity index (χ0n) is 9.00. The molecule has 83 valence electrons. The molecule has 0 aliphatic heterocycles. The Kier molecular flexibility index (Phi) is 3.62. The summed E-state index contributed by atoms with van der Waals surface area (Å²) in [6, 6.07) is 9.69. The highest BCUT2D eigenvalue weighted by molar-refractivity contribution is 5.42. The number of aliphatic hydroxyl groups excluding tert-OH is 1. The Bertz CT molecular complexity index is 317. The van der Waals surface area contributed by atoms with Crippen molar-refractivity contribution in [2.75, 3.05) is 6.61 Å². The first-order chi connectivity index (χ1) is 7.74. The summed E-state index contributed by atoms with van der Waals surface area (Å²) in [6.45, 7) is -0.272. The molecule has 2 nitrogen and oxygen atoms in total. The third kappa shape index (κ3) is 2.45. The van der Waals surface area contributed by atoms with Crippen molar-refractivity contribution in [2.45, 2.75) is 12.0 Å². The van der Waals surface area contributed by atoms with E-state index >= 15 is 0 Å². The summed E-state index contributed by atoms with van der Waals surface area (Å²) < 4.78 is 0. The van der Waals surface area contributed by atoms with Crippen LogP contribution in [0.3, 0.4) is 0 Å². The molecule has 1 fully saturated rings. The zero-order chi connectivity index (χ0) is 11.4. The summed E-state index contributed by atoms with van der Waals surface area (Å²) in [5.41, 5.74) is -0.162. The van der Waals surface area contributed by atoms with Gasteiger partial charge in [0.25, 0.3) is 0 Å². The lowest BCUT2D eigenvalue weighted by Gasteiger charge is -2.31. The average molecular weight is 215 g/mol. The second kappa shape index (κ2) is 4.98. The molecule has 2 heteroatoms. The van der Waals surface area contributed by atoms with Crippen molar-refractivity contribution in [3.8, 4) is 0 Å². The fourth-order valence-electron chi connectivity index (χ4n) is 1.87. The molecule has 2 rings (SSSR count). The molecule has 1 aromatic carbocycles. The molecule has 1 aliphatic rings. The van der Waals surface area contributed by atoms with E-state index in [2.05, 4.69) is 0 Å². The Labute approximate surface area is 96.9 Å². The van der Waals surface area contributed by atoms with Gasteiger partial charge in [-0.15, -0.1) is 0 Å². The topological polar surface area (TPSA) is 40.5 Å². The van der Waals surface area contributed by atoms with Crippen molar-refractivity contribution < 1.29 is 10.2 Å². The highest BCUT2D eigenvalue weighted by atomic mass is 16.3. The Morgan fingerprint density at radius 3 is 2.19 bits per heavy atom. The average Bonchev–Trinajstić information content (AvgIpc) is 2.84. The SMILES string of the molecule is OC[C@@](O)(Cc1ccccc1)[C]1[CH][CH][CH][CH]1. The molecular formula is C14H15O2. The van der Waals surface area contributed by atoms with E-state index in [9.17, 15) is 10.2 Å². The lowest BCUT2D eigenvalue weighted by Crippen LogP contribution is -2.41. The van der Waals surface area contributed by atoms with Crippen LogP contribution in [0.15, 0.2) is 30.3 Å². The second-order valence-electron chi connectivity index (χ2n) is 4.03. The fraction of sp³-hybridized carbons (Fsp3) is 0.214. The molecule has 0 unspecified atom stereocenters. The summed E-state index contributed by atoms with van der Waals surface area (Å²) in [4.78, 5) is 0. The maximum atomic E-state index is 10.4. The summed E-state index contributed by atoms with van der Waals surface area (Å²) in [7, 11) is 0. The molecule has 0 heterocycles. The van der Waals surface area contributed by atoms with Gasteiger partial charge in [-0.2, -0.15) is 0 Å². The number of hydrogen-bond acceptors (Lipinski definition) is 2. The van der Waals surface area contributed by atoms with E-state index in [4.69, 9.17) is 0 Å². The van der Waals surface area contributed by atoms with Crippen LogP contribution in [0, 0.1) is 31.6 Å². The second-order valence-corrected chi connectivity index (χ2v) is 4.03. The van der Waals surface area contributed by atoms with Crippen LogP contribution >= 0.6 is 0 Å². The van der Waals surface area contributed by atoms with Gasteiger partial charge in [0, 0.05) is 12.3 Å². The number of rotatable bonds is 4. The van der Waals surface area contributed by atoms with Crippen molar-refractivity contribution in [1.29, 1.82) is 0 Å². The lowest BCUT2D eigenvalue weighted by molar-refractivity contribution is 0.00519. The van der Waals surface area contributed by atoms with Crippen LogP contribution in [0.5, 0.6) is 0 Å². The third-order valence-corrected chi connectivity index (χ3v) is 2.80. The minimum absolute atomic E-state index is 0.272. The minimum atomic E-state index is -1.18. The van der Waals surface area contributed by atoms with Gasteiger partial charge in [-0.1, -0.05) is 30.3 Å². The fourth-order valence-corrected chi connectivity index (χ4v) is 1.87. The van der Waals surface area contributed by atoms with E-state index in [1.807, 2.05) is 56.0 Å². The van der Waals surface area contributed by atoms with Gasteiger partial charge < -0.3 is 10.2 Å². The van der Waals surface area contributed by atoms with Crippen molar-refractivity contribution in [2.24, 2.45) is 0 Å². The lowest BCUT2D eigenvalue weighted by atomic mass is 9.82. The van der Waals surface area contributed by atoms with Crippen LogP contribution in [0.25, 0.3) is 0 Å². The van der Waals surface area contributed by atoms with E-state index in [1.165, 1.54) is 0 Å². The van der Waals surface area contributed by atoms with E-state index in [1.54, 1.807) is 0 Å². The van der Waals surface area contributed by atoms with Gasteiger partial charge in [0.2, 0.25) is 0 Å². The molecule has 0 spiro atoms. The van der Waals surface area contributed by atoms with E-state index in [-0.39, 0.29) is 6.61 Å². The number of benzene rings is 1. The molecule has 0 amide bonds. The smallest absolute Gasteiger partial charge is 0.0985 e. The van der Waals surface area contributed by atoms with Gasteiger partial charge in [-0.05, 0) is 31.2 Å². The Morgan fingerprint density at radius 2 is 1.62 bits per heavy atom. The molecule has 2 N–H and O–H groups in total. The van der Waals surface area contributed by atoms with Crippen molar-refractivity contribution in [3.05, 3.63) is 67.5 Å². The predicted octanol–water partition coefficient (Wildman–Crippen LogP) is 1.36. The molecule has 5 radical (unpaired) electrons. The Balaban J connectivity index is 2.09. The third-order valence-electron chi connectivity index (χ3n) is 2.80. The number of aliphatic hydroxyl groups is 2. The van der Waals surface area contributed by atoms with E-state index < -0.39 is 5.60 Å². The molecule has 0 bridgehead atoms. The highest BCUT2D eigenvalue weighted by Crippen LogP contribution is 2.35. The van der Waals surface area contributed by atoms with Gasteiger partial charge in [-0.3, -0.25) is 0 Å². The van der Waals surface area contributed by atoms with Crippen LogP contribution in [-0.2, 0) is 6.42 Å². The first-order valence-electron chi connectivity index (χ1n) is 5.34. The summed E-state index contributed by atoms with van der Waals surface area (Å²) >= 11 is 0. The molecule has 0 aromatic heterocycles. The van der Waals surface area contributed by atoms with Crippen molar-refractivity contribution >= 4 is 0 Å². The van der Waals surface area contributed by atoms with Crippen LogP contribution in [0.1, 0.15) is 5.56 Å². The first-order valence-corrected chi connectivity index (χ1v) is 5.34. The van der Waals surface area contributed by atoms with Crippen LogP contribution in [-0.4, -0.2) is 22.4 Å². The van der Waals surface area contributed by atoms with Gasteiger partial charge >= 0.3 is 0 Å². The van der Waals surface area contributed by atoms with Crippen molar-refractivity contribution in [1.82, 2.24) is 0 Å². The van der Waals surface area contributed by atoms with Gasteiger partial charge in [0.1, 0.15) is 0 Å². The maximum absolute atomic E-state index is 10.4. The molecule has 1 aliphatic carbocycles. The minimum Gasteiger partial charge on any atom is -0.393 e. The normalized spacial score (nSPS) is 20.9. The Hall–Kier alpha value is -0.860. The zero-order valence-corrected chi connectivity index (χ0v) is 9.00. The number of hydrogen-bond donors (Lipinski definition) is 2. The largest absolute Gasteiger partial charge is 0.393 e. The summed E-state index contributed by atoms with van der Waals surface area (Å²) in [6.07, 6.45) is 7.81. The molecule has 16 heavy (non-hydrogen) atoms. The molecule has 1 aromatic rings. The predicted molar refractivity (Wildman–Crippen MR) is 62.6 cm³/mol. The molecule has 1 saturated carbocycles. The van der Waals surface area contributed by atoms with Crippen LogP contribution in [0.4, 0.5) is 0 Å². The van der Waals surface area contributed by atoms with E-state index in [0.717, 1.165) is 11.5 Å². The molecule has 1 atom stereocenters. The Morgan fingerprint density at radius 1 is 1.00 bits per heavy atom. The standard InChI is InChI=1S/C14H15O2/c15-11-14(16,13-8-4-5-9-13)10-12-6-2-1-3-7-12/h1-9,15-16H,10-11H2/t14-/m0/s1. The quantitative estimate of drug-likeness (QED) is 0.796.